The van der Waals surface area contributed by atoms with E-state index >= 15 is 0 Å². The molecule has 164 valence electrons. The van der Waals surface area contributed by atoms with Crippen LogP contribution in [-0.4, -0.2) is 34.7 Å². The maximum Gasteiger partial charge on any atom is 0.411 e. The van der Waals surface area contributed by atoms with E-state index in [4.69, 9.17) is 0 Å². The predicted molar refractivity (Wildman–Crippen MR) is 122 cm³/mol. The Morgan fingerprint density at radius 3 is 2.60 bits per heavy atom. The van der Waals surface area contributed by atoms with Gasteiger partial charge in [-0.3, -0.25) is 4.40 Å². The molecule has 30 heavy (non-hydrogen) atoms. The number of nitrogens with zero attached hydrogens (tertiary/aromatic N) is 3. The molecule has 0 spiro atoms. The van der Waals surface area contributed by atoms with Gasteiger partial charge in [0.05, 0.1) is 25.4 Å². The Labute approximate surface area is 193 Å². The van der Waals surface area contributed by atoms with Gasteiger partial charge in [0.15, 0.2) is 10.9 Å². The molecule has 2 aromatic heterocycles. The smallest absolute Gasteiger partial charge is 0.367 e. The number of rotatable bonds is 8. The number of aromatic nitrogens is 2. The van der Waals surface area contributed by atoms with E-state index in [0.29, 0.717) is 24.6 Å². The molecular weight excluding hydrogens is 530 g/mol. The molecule has 0 saturated heterocycles. The lowest BCUT2D eigenvalue weighted by Gasteiger charge is -2.10. The van der Waals surface area contributed by atoms with Gasteiger partial charge in [-0.15, -0.1) is 35.3 Å². The SMILES string of the molecule is CCNC(=NCc1ccc(COCC(F)(F)F)cc1)NCc1cn2ccsc2n1.I. The van der Waals surface area contributed by atoms with Crippen LogP contribution in [0, 0.1) is 0 Å². The Kier molecular flexibility index (Phi) is 9.37. The summed E-state index contributed by atoms with van der Waals surface area (Å²) >= 11 is 1.58. The molecule has 11 heteroatoms. The summed E-state index contributed by atoms with van der Waals surface area (Å²) in [4.78, 5) is 10.0. The van der Waals surface area contributed by atoms with Crippen LogP contribution in [0.5, 0.6) is 0 Å². The number of aliphatic imine (C=N–C) groups is 1. The molecule has 0 radical (unpaired) electrons. The van der Waals surface area contributed by atoms with Crippen molar-refractivity contribution in [1.82, 2.24) is 20.0 Å². The molecule has 0 aliphatic heterocycles. The second-order valence-electron chi connectivity index (χ2n) is 6.30. The molecule has 0 unspecified atom stereocenters. The van der Waals surface area contributed by atoms with Crippen LogP contribution in [0.2, 0.25) is 0 Å². The maximum atomic E-state index is 12.1. The molecule has 3 aromatic rings. The van der Waals surface area contributed by atoms with Crippen LogP contribution in [-0.2, 0) is 24.4 Å². The van der Waals surface area contributed by atoms with Gasteiger partial charge in [0, 0.05) is 24.3 Å². The van der Waals surface area contributed by atoms with E-state index in [1.54, 1.807) is 23.5 Å². The first-order chi connectivity index (χ1) is 13.9. The fourth-order valence-corrected chi connectivity index (χ4v) is 3.29. The van der Waals surface area contributed by atoms with Gasteiger partial charge in [-0.25, -0.2) is 9.98 Å². The summed E-state index contributed by atoms with van der Waals surface area (Å²) in [5.74, 6) is 0.668. The van der Waals surface area contributed by atoms with Crippen LogP contribution in [0.15, 0.2) is 47.0 Å². The summed E-state index contributed by atoms with van der Waals surface area (Å²) in [6.07, 6.45) is -0.369. The zero-order chi connectivity index (χ0) is 20.7. The van der Waals surface area contributed by atoms with Gasteiger partial charge in [0.1, 0.15) is 6.61 Å². The number of alkyl halides is 3. The number of nitrogens with one attached hydrogen (secondary N) is 2. The minimum absolute atomic E-state index is 0. The largest absolute Gasteiger partial charge is 0.411 e. The number of benzene rings is 1. The monoisotopic (exact) mass is 553 g/mol. The van der Waals surface area contributed by atoms with Crippen molar-refractivity contribution in [2.45, 2.75) is 32.8 Å². The average molecular weight is 553 g/mol. The van der Waals surface area contributed by atoms with Gasteiger partial charge in [0.25, 0.3) is 0 Å². The molecule has 0 aliphatic carbocycles. The Bertz CT molecular complexity index is 911. The second-order valence-corrected chi connectivity index (χ2v) is 7.17. The highest BCUT2D eigenvalue weighted by molar-refractivity contribution is 14.0. The van der Waals surface area contributed by atoms with E-state index in [1.807, 2.05) is 41.2 Å². The first-order valence-electron chi connectivity index (χ1n) is 9.08. The molecule has 2 heterocycles. The highest BCUT2D eigenvalue weighted by atomic mass is 127. The van der Waals surface area contributed by atoms with E-state index in [-0.39, 0.29) is 30.6 Å². The summed E-state index contributed by atoms with van der Waals surface area (Å²) in [5.41, 5.74) is 2.56. The van der Waals surface area contributed by atoms with Crippen LogP contribution < -0.4 is 10.6 Å². The molecule has 2 N–H and O–H groups in total. The third-order valence-corrected chi connectivity index (χ3v) is 4.67. The number of imidazole rings is 1. The highest BCUT2D eigenvalue weighted by Gasteiger charge is 2.27. The molecule has 0 bridgehead atoms. The van der Waals surface area contributed by atoms with E-state index in [1.165, 1.54) is 0 Å². The summed E-state index contributed by atoms with van der Waals surface area (Å²) in [5, 5.41) is 8.42. The summed E-state index contributed by atoms with van der Waals surface area (Å²) in [7, 11) is 0. The minimum Gasteiger partial charge on any atom is -0.367 e. The van der Waals surface area contributed by atoms with Crippen LogP contribution in [0.4, 0.5) is 13.2 Å². The van der Waals surface area contributed by atoms with Crippen LogP contribution >= 0.6 is 35.3 Å². The molecule has 0 saturated carbocycles. The first-order valence-corrected chi connectivity index (χ1v) is 9.96. The Morgan fingerprint density at radius 2 is 1.93 bits per heavy atom. The van der Waals surface area contributed by atoms with E-state index in [2.05, 4.69) is 25.3 Å². The Morgan fingerprint density at radius 1 is 1.20 bits per heavy atom. The van der Waals surface area contributed by atoms with Gasteiger partial charge in [-0.05, 0) is 18.1 Å². The fraction of sp³-hybridized carbons (Fsp3) is 0.368. The highest BCUT2D eigenvalue weighted by Crippen LogP contribution is 2.16. The molecular formula is C19H23F3IN5OS. The summed E-state index contributed by atoms with van der Waals surface area (Å²) < 4.78 is 43.0. The zero-order valence-corrected chi connectivity index (χ0v) is 19.4. The second kappa shape index (κ2) is 11.5. The van der Waals surface area contributed by atoms with E-state index in [9.17, 15) is 13.2 Å². The standard InChI is InChI=1S/C19H22F3N5OS.HI/c1-2-23-17(25-10-16-11-27-7-8-29-18(27)26-16)24-9-14-3-5-15(6-4-14)12-28-13-19(20,21)22;/h3-8,11H,2,9-10,12-13H2,1H3,(H2,23,24,25);1H. The fourth-order valence-electron chi connectivity index (χ4n) is 2.57. The lowest BCUT2D eigenvalue weighted by atomic mass is 10.1. The van der Waals surface area contributed by atoms with Gasteiger partial charge in [-0.2, -0.15) is 13.2 Å². The lowest BCUT2D eigenvalue weighted by molar-refractivity contribution is -0.176. The third kappa shape index (κ3) is 7.76. The molecule has 1 aromatic carbocycles. The Hall–Kier alpha value is -1.86. The van der Waals surface area contributed by atoms with Crippen molar-refractivity contribution in [1.29, 1.82) is 0 Å². The van der Waals surface area contributed by atoms with Gasteiger partial charge in [-0.1, -0.05) is 24.3 Å². The van der Waals surface area contributed by atoms with E-state index < -0.39 is 12.8 Å². The van der Waals surface area contributed by atoms with Crippen molar-refractivity contribution in [3.05, 3.63) is 58.9 Å². The lowest BCUT2D eigenvalue weighted by Crippen LogP contribution is -2.36. The number of fused-ring (bicyclic) bond motifs is 1. The number of hydrogen-bond donors (Lipinski definition) is 2. The van der Waals surface area contributed by atoms with Gasteiger partial charge >= 0.3 is 6.18 Å². The van der Waals surface area contributed by atoms with Crippen LogP contribution in [0.3, 0.4) is 0 Å². The number of halogens is 4. The van der Waals surface area contributed by atoms with Crippen molar-refractivity contribution in [2.75, 3.05) is 13.2 Å². The number of ether oxygens (including phenoxy) is 1. The average Bonchev–Trinajstić information content (AvgIpc) is 3.26. The van der Waals surface area contributed by atoms with Crippen LogP contribution in [0.1, 0.15) is 23.7 Å². The number of guanidine groups is 1. The molecule has 6 nitrogen and oxygen atoms in total. The predicted octanol–water partition coefficient (Wildman–Crippen LogP) is 4.35. The van der Waals surface area contributed by atoms with Crippen molar-refractivity contribution >= 4 is 46.2 Å². The van der Waals surface area contributed by atoms with Crippen molar-refractivity contribution in [2.24, 2.45) is 4.99 Å². The number of hydrogen-bond acceptors (Lipinski definition) is 4. The molecule has 0 amide bonds. The van der Waals surface area contributed by atoms with Gasteiger partial charge < -0.3 is 15.4 Å². The Balaban J connectivity index is 0.00000320. The van der Waals surface area contributed by atoms with Crippen molar-refractivity contribution in [3.63, 3.8) is 0 Å². The zero-order valence-electron chi connectivity index (χ0n) is 16.3. The first kappa shape index (κ1) is 24.4. The maximum absolute atomic E-state index is 12.1. The topological polar surface area (TPSA) is 63.0 Å². The molecule has 3 rings (SSSR count). The van der Waals surface area contributed by atoms with Crippen LogP contribution in [0.25, 0.3) is 4.96 Å². The molecule has 0 aliphatic rings. The number of thiazole rings is 1. The molecule has 0 atom stereocenters. The van der Waals surface area contributed by atoms with Crippen molar-refractivity contribution in [3.8, 4) is 0 Å². The summed E-state index contributed by atoms with van der Waals surface area (Å²) in [6.45, 7) is 2.38. The molecule has 0 fully saturated rings. The van der Waals surface area contributed by atoms with Gasteiger partial charge in [0.2, 0.25) is 0 Å². The van der Waals surface area contributed by atoms with E-state index in [0.717, 1.165) is 22.8 Å². The quantitative estimate of drug-likeness (QED) is 0.248. The minimum atomic E-state index is -4.31. The van der Waals surface area contributed by atoms with Crippen molar-refractivity contribution < 1.29 is 17.9 Å². The third-order valence-electron chi connectivity index (χ3n) is 3.90. The normalized spacial score (nSPS) is 12.1. The summed E-state index contributed by atoms with van der Waals surface area (Å²) in [6, 6.07) is 7.17.